The number of carbonyl (C=O) groups is 1. The van der Waals surface area contributed by atoms with Crippen LogP contribution in [-0.2, 0) is 17.8 Å². The minimum Gasteiger partial charge on any atom is -0.497 e. The number of benzene rings is 2. The lowest BCUT2D eigenvalue weighted by molar-refractivity contribution is -0.131. The zero-order valence-corrected chi connectivity index (χ0v) is 14.9. The molecule has 0 saturated heterocycles. The third kappa shape index (κ3) is 3.91. The highest BCUT2D eigenvalue weighted by Crippen LogP contribution is 2.14. The van der Waals surface area contributed by atoms with Crippen molar-refractivity contribution < 1.29 is 9.53 Å². The largest absolute Gasteiger partial charge is 0.497 e. The number of nitrogens with one attached hydrogen (secondary N) is 1. The fourth-order valence-electron chi connectivity index (χ4n) is 2.84. The Bertz CT molecular complexity index is 981. The fourth-order valence-corrected chi connectivity index (χ4v) is 2.84. The molecule has 0 aliphatic carbocycles. The zero-order chi connectivity index (χ0) is 18.5. The SMILES string of the molecule is CCN(Cc1nc2ccccc2c(=O)[nH]1)C(=O)Cc1cccc(OC)c1. The van der Waals surface area contributed by atoms with Gasteiger partial charge in [-0.05, 0) is 36.8 Å². The Labute approximate surface area is 151 Å². The van der Waals surface area contributed by atoms with Gasteiger partial charge in [0, 0.05) is 6.54 Å². The van der Waals surface area contributed by atoms with E-state index in [-0.39, 0.29) is 24.4 Å². The van der Waals surface area contributed by atoms with Crippen LogP contribution in [0.15, 0.2) is 53.3 Å². The zero-order valence-electron chi connectivity index (χ0n) is 14.9. The van der Waals surface area contributed by atoms with Crippen molar-refractivity contribution in [3.8, 4) is 5.75 Å². The van der Waals surface area contributed by atoms with Crippen LogP contribution in [-0.4, -0.2) is 34.4 Å². The number of carbonyl (C=O) groups excluding carboxylic acids is 1. The van der Waals surface area contributed by atoms with Gasteiger partial charge in [0.25, 0.3) is 5.56 Å². The molecule has 0 spiro atoms. The van der Waals surface area contributed by atoms with Crippen LogP contribution in [0.1, 0.15) is 18.3 Å². The van der Waals surface area contributed by atoms with Crippen LogP contribution in [0, 0.1) is 0 Å². The molecule has 1 N–H and O–H groups in total. The van der Waals surface area contributed by atoms with E-state index in [1.807, 2.05) is 37.3 Å². The molecule has 0 saturated carbocycles. The molecule has 6 heteroatoms. The number of hydrogen-bond acceptors (Lipinski definition) is 4. The van der Waals surface area contributed by atoms with Gasteiger partial charge in [0.2, 0.25) is 5.91 Å². The van der Waals surface area contributed by atoms with E-state index in [1.165, 1.54) is 0 Å². The first kappa shape index (κ1) is 17.7. The Kier molecular flexibility index (Phi) is 5.31. The van der Waals surface area contributed by atoms with Crippen LogP contribution in [0.3, 0.4) is 0 Å². The van der Waals surface area contributed by atoms with Gasteiger partial charge >= 0.3 is 0 Å². The number of aromatic amines is 1. The van der Waals surface area contributed by atoms with E-state index in [4.69, 9.17) is 4.74 Å². The van der Waals surface area contributed by atoms with E-state index >= 15 is 0 Å². The third-order valence-electron chi connectivity index (χ3n) is 4.23. The number of amides is 1. The van der Waals surface area contributed by atoms with E-state index in [0.717, 1.165) is 11.3 Å². The Morgan fingerprint density at radius 2 is 2.00 bits per heavy atom. The van der Waals surface area contributed by atoms with Gasteiger partial charge in [-0.3, -0.25) is 9.59 Å². The molecule has 0 fully saturated rings. The van der Waals surface area contributed by atoms with Crippen molar-refractivity contribution >= 4 is 16.8 Å². The highest BCUT2D eigenvalue weighted by Gasteiger charge is 2.15. The standard InChI is InChI=1S/C20H21N3O3/c1-3-23(19(24)12-14-7-6-8-15(11-14)26-2)13-18-21-17-10-5-4-9-16(17)20(25)22-18/h4-11H,3,12-13H2,1-2H3,(H,21,22,25). The van der Waals surface area contributed by atoms with Gasteiger partial charge in [0.15, 0.2) is 0 Å². The van der Waals surface area contributed by atoms with Crippen LogP contribution in [0.4, 0.5) is 0 Å². The summed E-state index contributed by atoms with van der Waals surface area (Å²) in [6, 6.07) is 14.6. The van der Waals surface area contributed by atoms with Gasteiger partial charge in [0.1, 0.15) is 11.6 Å². The van der Waals surface area contributed by atoms with E-state index in [0.29, 0.717) is 23.3 Å². The molecule has 1 amide bonds. The molecule has 0 aliphatic heterocycles. The molecule has 0 aliphatic rings. The van der Waals surface area contributed by atoms with Gasteiger partial charge in [-0.15, -0.1) is 0 Å². The minimum atomic E-state index is -0.193. The number of para-hydroxylation sites is 1. The molecule has 2 aromatic carbocycles. The number of nitrogens with zero attached hydrogens (tertiary/aromatic N) is 2. The molecule has 6 nitrogen and oxygen atoms in total. The molecule has 3 rings (SSSR count). The van der Waals surface area contributed by atoms with E-state index < -0.39 is 0 Å². The number of aromatic nitrogens is 2. The topological polar surface area (TPSA) is 75.3 Å². The van der Waals surface area contributed by atoms with Crippen molar-refractivity contribution in [3.05, 3.63) is 70.3 Å². The molecule has 1 aromatic heterocycles. The summed E-state index contributed by atoms with van der Waals surface area (Å²) in [4.78, 5) is 33.8. The Balaban J connectivity index is 1.78. The molecule has 0 bridgehead atoms. The monoisotopic (exact) mass is 351 g/mol. The van der Waals surface area contributed by atoms with Crippen LogP contribution in [0.25, 0.3) is 10.9 Å². The second-order valence-electron chi connectivity index (χ2n) is 5.97. The molecular weight excluding hydrogens is 330 g/mol. The van der Waals surface area contributed by atoms with Crippen LogP contribution >= 0.6 is 0 Å². The number of methoxy groups -OCH3 is 1. The van der Waals surface area contributed by atoms with E-state index in [2.05, 4.69) is 9.97 Å². The highest BCUT2D eigenvalue weighted by molar-refractivity contribution is 5.79. The lowest BCUT2D eigenvalue weighted by Gasteiger charge is -2.20. The molecule has 1 heterocycles. The summed E-state index contributed by atoms with van der Waals surface area (Å²) in [5.41, 5.74) is 1.32. The number of rotatable bonds is 6. The summed E-state index contributed by atoms with van der Waals surface area (Å²) in [5, 5.41) is 0.544. The predicted octanol–water partition coefficient (Wildman–Crippen LogP) is 2.52. The molecule has 134 valence electrons. The van der Waals surface area contributed by atoms with Gasteiger partial charge in [0.05, 0.1) is 31.0 Å². The fraction of sp³-hybridized carbons (Fsp3) is 0.250. The Hall–Kier alpha value is -3.15. The van der Waals surface area contributed by atoms with Crippen molar-refractivity contribution in [1.82, 2.24) is 14.9 Å². The number of H-pyrrole nitrogens is 1. The van der Waals surface area contributed by atoms with E-state index in [9.17, 15) is 9.59 Å². The maximum Gasteiger partial charge on any atom is 0.258 e. The average Bonchev–Trinajstić information content (AvgIpc) is 2.66. The normalized spacial score (nSPS) is 10.7. The maximum absolute atomic E-state index is 12.7. The second-order valence-corrected chi connectivity index (χ2v) is 5.97. The molecular formula is C20H21N3O3. The van der Waals surface area contributed by atoms with Crippen molar-refractivity contribution in [1.29, 1.82) is 0 Å². The predicted molar refractivity (Wildman–Crippen MR) is 100 cm³/mol. The summed E-state index contributed by atoms with van der Waals surface area (Å²) >= 11 is 0. The van der Waals surface area contributed by atoms with Gasteiger partial charge in [-0.25, -0.2) is 4.98 Å². The van der Waals surface area contributed by atoms with Crippen molar-refractivity contribution in [3.63, 3.8) is 0 Å². The number of hydrogen-bond donors (Lipinski definition) is 1. The number of ether oxygens (including phenoxy) is 1. The molecule has 3 aromatic rings. The first-order chi connectivity index (χ1) is 12.6. The lowest BCUT2D eigenvalue weighted by Crippen LogP contribution is -2.33. The quantitative estimate of drug-likeness (QED) is 0.740. The first-order valence-electron chi connectivity index (χ1n) is 8.49. The van der Waals surface area contributed by atoms with Crippen LogP contribution < -0.4 is 10.3 Å². The second kappa shape index (κ2) is 7.82. The first-order valence-corrected chi connectivity index (χ1v) is 8.49. The van der Waals surface area contributed by atoms with Crippen LogP contribution in [0.2, 0.25) is 0 Å². The summed E-state index contributed by atoms with van der Waals surface area (Å²) in [6.45, 7) is 2.70. The van der Waals surface area contributed by atoms with Crippen molar-refractivity contribution in [2.45, 2.75) is 19.9 Å². The Morgan fingerprint density at radius 1 is 1.19 bits per heavy atom. The van der Waals surface area contributed by atoms with Crippen molar-refractivity contribution in [2.75, 3.05) is 13.7 Å². The van der Waals surface area contributed by atoms with E-state index in [1.54, 1.807) is 30.2 Å². The number of fused-ring (bicyclic) bond motifs is 1. The summed E-state index contributed by atoms with van der Waals surface area (Å²) in [7, 11) is 1.60. The summed E-state index contributed by atoms with van der Waals surface area (Å²) in [5.74, 6) is 1.17. The summed E-state index contributed by atoms with van der Waals surface area (Å²) < 4.78 is 5.20. The third-order valence-corrected chi connectivity index (χ3v) is 4.23. The molecule has 0 radical (unpaired) electrons. The van der Waals surface area contributed by atoms with Gasteiger partial charge in [-0.1, -0.05) is 24.3 Å². The minimum absolute atomic E-state index is 0.0310. The number of likely N-dealkylation sites (N-methyl/N-ethyl adjacent to an activating group) is 1. The summed E-state index contributed by atoms with van der Waals surface area (Å²) in [6.07, 6.45) is 0.267. The maximum atomic E-state index is 12.7. The average molecular weight is 351 g/mol. The van der Waals surface area contributed by atoms with Crippen molar-refractivity contribution in [2.24, 2.45) is 0 Å². The van der Waals surface area contributed by atoms with Gasteiger partial charge < -0.3 is 14.6 Å². The van der Waals surface area contributed by atoms with Crippen LogP contribution in [0.5, 0.6) is 5.75 Å². The lowest BCUT2D eigenvalue weighted by atomic mass is 10.1. The Morgan fingerprint density at radius 3 is 2.77 bits per heavy atom. The molecule has 0 unspecified atom stereocenters. The molecule has 0 atom stereocenters. The smallest absolute Gasteiger partial charge is 0.258 e. The highest BCUT2D eigenvalue weighted by atomic mass is 16.5. The van der Waals surface area contributed by atoms with Gasteiger partial charge in [-0.2, -0.15) is 0 Å². The molecule has 26 heavy (non-hydrogen) atoms.